The van der Waals surface area contributed by atoms with Gasteiger partial charge in [0.15, 0.2) is 5.96 Å². The topological polar surface area (TPSA) is 36.4 Å². The molecule has 20 heavy (non-hydrogen) atoms. The first-order valence-electron chi connectivity index (χ1n) is 7.13. The Hall–Kier alpha value is -0.780. The number of hydrogen-bond acceptors (Lipinski definition) is 1. The first-order valence-corrected chi connectivity index (χ1v) is 7.13. The molecule has 1 aromatic carbocycles. The van der Waals surface area contributed by atoms with E-state index in [0.717, 1.165) is 32.0 Å². The maximum absolute atomic E-state index is 4.67. The van der Waals surface area contributed by atoms with Crippen LogP contribution in [-0.2, 0) is 6.42 Å². The average molecular weight is 389 g/mol. The normalized spacial score (nSPS) is 10.4. The second-order valence-corrected chi connectivity index (χ2v) is 5.55. The van der Waals surface area contributed by atoms with Gasteiger partial charge in [-0.25, -0.2) is 0 Å². The van der Waals surface area contributed by atoms with Crippen LogP contribution in [0.4, 0.5) is 0 Å². The van der Waals surface area contributed by atoms with Crippen LogP contribution in [0.15, 0.2) is 35.3 Å². The molecule has 2 N–H and O–H groups in total. The number of nitrogens with one attached hydrogen (secondary N) is 2. The Morgan fingerprint density at radius 3 is 2.10 bits per heavy atom. The standard InChI is InChI=1S/C16H27N3.HI/c1-5-17-15(18-6-2)19-13-16(3,4)12-14-10-8-7-9-11-14;/h7-11H,5-6,12-13H2,1-4H3,(H2,17,18,19);1H. The number of rotatable bonds is 6. The third kappa shape index (κ3) is 7.72. The van der Waals surface area contributed by atoms with E-state index in [9.17, 15) is 0 Å². The molecule has 3 nitrogen and oxygen atoms in total. The number of benzene rings is 1. The van der Waals surface area contributed by atoms with E-state index >= 15 is 0 Å². The Kier molecular flexibility index (Phi) is 9.63. The van der Waals surface area contributed by atoms with Gasteiger partial charge in [0.05, 0.1) is 0 Å². The lowest BCUT2D eigenvalue weighted by Gasteiger charge is -2.23. The lowest BCUT2D eigenvalue weighted by molar-refractivity contribution is 0.377. The molecule has 0 unspecified atom stereocenters. The minimum Gasteiger partial charge on any atom is -0.357 e. The van der Waals surface area contributed by atoms with Crippen LogP contribution >= 0.6 is 24.0 Å². The van der Waals surface area contributed by atoms with E-state index < -0.39 is 0 Å². The molecule has 0 bridgehead atoms. The predicted molar refractivity (Wildman–Crippen MR) is 99.0 cm³/mol. The van der Waals surface area contributed by atoms with Crippen LogP contribution in [0, 0.1) is 5.41 Å². The highest BCUT2D eigenvalue weighted by atomic mass is 127. The average Bonchev–Trinajstić information content (AvgIpc) is 2.37. The quantitative estimate of drug-likeness (QED) is 0.444. The van der Waals surface area contributed by atoms with Crippen LogP contribution in [0.5, 0.6) is 0 Å². The summed E-state index contributed by atoms with van der Waals surface area (Å²) in [5.41, 5.74) is 1.54. The van der Waals surface area contributed by atoms with E-state index in [2.05, 4.69) is 73.7 Å². The number of aliphatic imine (C=N–C) groups is 1. The van der Waals surface area contributed by atoms with Crippen molar-refractivity contribution in [1.29, 1.82) is 0 Å². The molecule has 0 amide bonds. The smallest absolute Gasteiger partial charge is 0.191 e. The van der Waals surface area contributed by atoms with Gasteiger partial charge in [-0.15, -0.1) is 24.0 Å². The highest BCUT2D eigenvalue weighted by Gasteiger charge is 2.18. The van der Waals surface area contributed by atoms with Crippen LogP contribution in [0.2, 0.25) is 0 Å². The highest BCUT2D eigenvalue weighted by molar-refractivity contribution is 14.0. The SMILES string of the molecule is CCNC(=NCC(C)(C)Cc1ccccc1)NCC.I. The van der Waals surface area contributed by atoms with Gasteiger partial charge >= 0.3 is 0 Å². The van der Waals surface area contributed by atoms with E-state index in [0.29, 0.717) is 0 Å². The molecular formula is C16H28IN3. The van der Waals surface area contributed by atoms with Gasteiger partial charge < -0.3 is 10.6 Å². The molecular weight excluding hydrogens is 361 g/mol. The zero-order chi connectivity index (χ0) is 14.1. The predicted octanol–water partition coefficient (Wildman–Crippen LogP) is 3.45. The second kappa shape index (κ2) is 10.0. The first-order chi connectivity index (χ1) is 9.07. The van der Waals surface area contributed by atoms with E-state index in [1.807, 2.05) is 0 Å². The Morgan fingerprint density at radius 2 is 1.60 bits per heavy atom. The fourth-order valence-corrected chi connectivity index (χ4v) is 2.01. The van der Waals surface area contributed by atoms with Gasteiger partial charge in [-0.05, 0) is 31.2 Å². The van der Waals surface area contributed by atoms with Crippen molar-refractivity contribution in [1.82, 2.24) is 10.6 Å². The minimum atomic E-state index is 0. The summed E-state index contributed by atoms with van der Waals surface area (Å²) in [6, 6.07) is 10.6. The third-order valence-corrected chi connectivity index (χ3v) is 2.88. The monoisotopic (exact) mass is 389 g/mol. The molecule has 1 aromatic rings. The van der Waals surface area contributed by atoms with Crippen molar-refractivity contribution in [3.8, 4) is 0 Å². The number of nitrogens with zero attached hydrogens (tertiary/aromatic N) is 1. The summed E-state index contributed by atoms with van der Waals surface area (Å²) >= 11 is 0. The van der Waals surface area contributed by atoms with Crippen LogP contribution in [0.1, 0.15) is 33.3 Å². The van der Waals surface area contributed by atoms with Crippen molar-refractivity contribution in [2.45, 2.75) is 34.1 Å². The first kappa shape index (κ1) is 19.2. The summed E-state index contributed by atoms with van der Waals surface area (Å²) in [5.74, 6) is 0.908. The molecule has 0 aromatic heterocycles. The van der Waals surface area contributed by atoms with Gasteiger partial charge in [0.1, 0.15) is 0 Å². The Balaban J connectivity index is 0.00000361. The molecule has 0 saturated heterocycles. The molecule has 4 heteroatoms. The van der Waals surface area contributed by atoms with Crippen molar-refractivity contribution < 1.29 is 0 Å². The second-order valence-electron chi connectivity index (χ2n) is 5.55. The maximum Gasteiger partial charge on any atom is 0.191 e. The lowest BCUT2D eigenvalue weighted by atomic mass is 9.86. The summed E-state index contributed by atoms with van der Waals surface area (Å²) in [5, 5.41) is 6.52. The van der Waals surface area contributed by atoms with Crippen molar-refractivity contribution >= 4 is 29.9 Å². The summed E-state index contributed by atoms with van der Waals surface area (Å²) in [4.78, 5) is 4.67. The summed E-state index contributed by atoms with van der Waals surface area (Å²) < 4.78 is 0. The van der Waals surface area contributed by atoms with Gasteiger partial charge in [-0.3, -0.25) is 4.99 Å². The van der Waals surface area contributed by atoms with Crippen molar-refractivity contribution in [3.63, 3.8) is 0 Å². The minimum absolute atomic E-state index is 0. The molecule has 0 aliphatic carbocycles. The van der Waals surface area contributed by atoms with E-state index in [4.69, 9.17) is 0 Å². The number of hydrogen-bond donors (Lipinski definition) is 2. The molecule has 0 saturated carbocycles. The number of guanidine groups is 1. The molecule has 0 radical (unpaired) electrons. The third-order valence-electron chi connectivity index (χ3n) is 2.88. The van der Waals surface area contributed by atoms with Gasteiger partial charge in [0, 0.05) is 19.6 Å². The van der Waals surface area contributed by atoms with E-state index in [-0.39, 0.29) is 29.4 Å². The van der Waals surface area contributed by atoms with Crippen LogP contribution < -0.4 is 10.6 Å². The molecule has 0 heterocycles. The Labute approximate surface area is 140 Å². The van der Waals surface area contributed by atoms with E-state index in [1.54, 1.807) is 0 Å². The van der Waals surface area contributed by atoms with Crippen molar-refractivity contribution in [3.05, 3.63) is 35.9 Å². The summed E-state index contributed by atoms with van der Waals surface area (Å²) in [6.07, 6.45) is 1.04. The molecule has 0 aliphatic rings. The molecule has 0 fully saturated rings. The lowest BCUT2D eigenvalue weighted by Crippen LogP contribution is -2.38. The zero-order valence-electron chi connectivity index (χ0n) is 13.1. The van der Waals surface area contributed by atoms with Crippen LogP contribution in [0.25, 0.3) is 0 Å². The van der Waals surface area contributed by atoms with Crippen molar-refractivity contribution in [2.24, 2.45) is 10.4 Å². The molecule has 1 rings (SSSR count). The fourth-order valence-electron chi connectivity index (χ4n) is 2.01. The van der Waals surface area contributed by atoms with Gasteiger partial charge in [0.2, 0.25) is 0 Å². The fraction of sp³-hybridized carbons (Fsp3) is 0.562. The summed E-state index contributed by atoms with van der Waals surface area (Å²) in [6.45, 7) is 11.3. The van der Waals surface area contributed by atoms with Gasteiger partial charge in [-0.2, -0.15) is 0 Å². The number of halogens is 1. The maximum atomic E-state index is 4.67. The van der Waals surface area contributed by atoms with Crippen LogP contribution in [-0.4, -0.2) is 25.6 Å². The molecule has 0 aliphatic heterocycles. The summed E-state index contributed by atoms with van der Waals surface area (Å²) in [7, 11) is 0. The van der Waals surface area contributed by atoms with Gasteiger partial charge in [-0.1, -0.05) is 44.2 Å². The van der Waals surface area contributed by atoms with Gasteiger partial charge in [0.25, 0.3) is 0 Å². The van der Waals surface area contributed by atoms with Crippen molar-refractivity contribution in [2.75, 3.05) is 19.6 Å². The largest absolute Gasteiger partial charge is 0.357 e. The Bertz CT molecular complexity index is 380. The zero-order valence-corrected chi connectivity index (χ0v) is 15.4. The molecule has 114 valence electrons. The Morgan fingerprint density at radius 1 is 1.05 bits per heavy atom. The molecule has 0 spiro atoms. The highest BCUT2D eigenvalue weighted by Crippen LogP contribution is 2.22. The van der Waals surface area contributed by atoms with Crippen LogP contribution in [0.3, 0.4) is 0 Å². The molecule has 0 atom stereocenters. The van der Waals surface area contributed by atoms with E-state index in [1.165, 1.54) is 5.56 Å².